The highest BCUT2D eigenvalue weighted by atomic mass is 35.5. The maximum atomic E-state index is 5.93. The Bertz CT molecular complexity index is 538. The summed E-state index contributed by atoms with van der Waals surface area (Å²) in [5.74, 6) is 2.58. The summed E-state index contributed by atoms with van der Waals surface area (Å²) in [4.78, 5) is 0. The van der Waals surface area contributed by atoms with Crippen molar-refractivity contribution in [3.05, 3.63) is 53.6 Å². The van der Waals surface area contributed by atoms with Crippen LogP contribution in [0.4, 0.5) is 0 Å². The van der Waals surface area contributed by atoms with Gasteiger partial charge in [0.05, 0.1) is 13.0 Å². The van der Waals surface area contributed by atoms with Crippen LogP contribution in [0.2, 0.25) is 0 Å². The van der Waals surface area contributed by atoms with Gasteiger partial charge in [-0.15, -0.1) is 11.6 Å². The van der Waals surface area contributed by atoms with Gasteiger partial charge < -0.3 is 9.47 Å². The van der Waals surface area contributed by atoms with Crippen molar-refractivity contribution >= 4 is 11.6 Å². The third-order valence-corrected chi connectivity index (χ3v) is 2.94. The first-order valence-corrected chi connectivity index (χ1v) is 6.24. The second-order valence-corrected chi connectivity index (χ2v) is 4.26. The van der Waals surface area contributed by atoms with E-state index in [1.54, 1.807) is 7.11 Å². The molecule has 0 aliphatic rings. The summed E-state index contributed by atoms with van der Waals surface area (Å²) in [5.41, 5.74) is 2.14. The highest BCUT2D eigenvalue weighted by Gasteiger charge is 2.08. The SMILES string of the molecule is COc1ccccc1Oc1ccc(C)cc1CCl. The lowest BCUT2D eigenvalue weighted by atomic mass is 10.1. The van der Waals surface area contributed by atoms with Gasteiger partial charge in [-0.3, -0.25) is 0 Å². The number of ether oxygens (including phenoxy) is 2. The Labute approximate surface area is 112 Å². The Kier molecular flexibility index (Phi) is 4.11. The molecular formula is C15H15ClO2. The molecule has 0 fully saturated rings. The van der Waals surface area contributed by atoms with Gasteiger partial charge >= 0.3 is 0 Å². The third-order valence-electron chi connectivity index (χ3n) is 2.65. The van der Waals surface area contributed by atoms with E-state index in [0.717, 1.165) is 16.9 Å². The summed E-state index contributed by atoms with van der Waals surface area (Å²) < 4.78 is 11.1. The first-order chi connectivity index (χ1) is 8.74. The summed E-state index contributed by atoms with van der Waals surface area (Å²) in [7, 11) is 1.62. The van der Waals surface area contributed by atoms with Crippen LogP contribution in [0.1, 0.15) is 11.1 Å². The van der Waals surface area contributed by atoms with Crippen molar-refractivity contribution in [2.24, 2.45) is 0 Å². The topological polar surface area (TPSA) is 18.5 Å². The van der Waals surface area contributed by atoms with Crippen LogP contribution in [0, 0.1) is 6.92 Å². The van der Waals surface area contributed by atoms with E-state index in [0.29, 0.717) is 17.4 Å². The Hall–Kier alpha value is -1.67. The molecule has 0 N–H and O–H groups in total. The summed E-state index contributed by atoms with van der Waals surface area (Å²) in [5, 5.41) is 0. The largest absolute Gasteiger partial charge is 0.493 e. The minimum Gasteiger partial charge on any atom is -0.493 e. The number of aryl methyl sites for hydroxylation is 1. The number of benzene rings is 2. The molecule has 0 radical (unpaired) electrons. The van der Waals surface area contributed by atoms with Crippen molar-refractivity contribution in [1.82, 2.24) is 0 Å². The fourth-order valence-corrected chi connectivity index (χ4v) is 1.94. The average Bonchev–Trinajstić information content (AvgIpc) is 2.41. The van der Waals surface area contributed by atoms with E-state index in [9.17, 15) is 0 Å². The zero-order valence-electron chi connectivity index (χ0n) is 10.4. The number of para-hydroxylation sites is 2. The normalized spacial score (nSPS) is 10.2. The van der Waals surface area contributed by atoms with Gasteiger partial charge in [0.25, 0.3) is 0 Å². The van der Waals surface area contributed by atoms with E-state index in [1.165, 1.54) is 0 Å². The zero-order valence-corrected chi connectivity index (χ0v) is 11.2. The van der Waals surface area contributed by atoms with E-state index < -0.39 is 0 Å². The summed E-state index contributed by atoms with van der Waals surface area (Å²) in [6.07, 6.45) is 0. The first-order valence-electron chi connectivity index (χ1n) is 5.71. The number of rotatable bonds is 4. The lowest BCUT2D eigenvalue weighted by Gasteiger charge is -2.12. The molecule has 0 aliphatic heterocycles. The molecule has 0 saturated heterocycles. The molecule has 0 bridgehead atoms. The smallest absolute Gasteiger partial charge is 0.169 e. The van der Waals surface area contributed by atoms with E-state index in [2.05, 4.69) is 0 Å². The monoisotopic (exact) mass is 262 g/mol. The van der Waals surface area contributed by atoms with E-state index in [4.69, 9.17) is 21.1 Å². The Morgan fingerprint density at radius 1 is 1.00 bits per heavy atom. The van der Waals surface area contributed by atoms with E-state index in [1.807, 2.05) is 49.4 Å². The van der Waals surface area contributed by atoms with E-state index in [-0.39, 0.29) is 0 Å². The summed E-state index contributed by atoms with van der Waals surface area (Å²) >= 11 is 5.93. The van der Waals surface area contributed by atoms with Gasteiger partial charge in [-0.05, 0) is 25.1 Å². The number of hydrogen-bond acceptors (Lipinski definition) is 2. The van der Waals surface area contributed by atoms with Crippen molar-refractivity contribution in [1.29, 1.82) is 0 Å². The standard InChI is InChI=1S/C15H15ClO2/c1-11-7-8-13(12(9-11)10-16)18-15-6-4-3-5-14(15)17-2/h3-9H,10H2,1-2H3. The molecular weight excluding hydrogens is 248 g/mol. The molecule has 2 nitrogen and oxygen atoms in total. The van der Waals surface area contributed by atoms with Crippen LogP contribution in [0.25, 0.3) is 0 Å². The Morgan fingerprint density at radius 3 is 2.39 bits per heavy atom. The first kappa shape index (κ1) is 12.8. The van der Waals surface area contributed by atoms with Gasteiger partial charge in [0, 0.05) is 5.56 Å². The van der Waals surface area contributed by atoms with Crippen molar-refractivity contribution < 1.29 is 9.47 Å². The fraction of sp³-hybridized carbons (Fsp3) is 0.200. The van der Waals surface area contributed by atoms with Gasteiger partial charge in [0.1, 0.15) is 5.75 Å². The second-order valence-electron chi connectivity index (χ2n) is 4.00. The van der Waals surface area contributed by atoms with Gasteiger partial charge in [0.15, 0.2) is 11.5 Å². The van der Waals surface area contributed by atoms with Crippen LogP contribution in [-0.2, 0) is 5.88 Å². The lowest BCUT2D eigenvalue weighted by molar-refractivity contribution is 0.378. The average molecular weight is 263 g/mol. The molecule has 0 unspecified atom stereocenters. The van der Waals surface area contributed by atoms with Crippen LogP contribution in [0.5, 0.6) is 17.2 Å². The highest BCUT2D eigenvalue weighted by molar-refractivity contribution is 6.17. The van der Waals surface area contributed by atoms with Gasteiger partial charge in [0.2, 0.25) is 0 Å². The molecule has 0 aromatic heterocycles. The van der Waals surface area contributed by atoms with Crippen LogP contribution < -0.4 is 9.47 Å². The fourth-order valence-electron chi connectivity index (χ4n) is 1.73. The quantitative estimate of drug-likeness (QED) is 0.754. The molecule has 2 aromatic rings. The number of hydrogen-bond donors (Lipinski definition) is 0. The highest BCUT2D eigenvalue weighted by Crippen LogP contribution is 2.33. The molecule has 18 heavy (non-hydrogen) atoms. The van der Waals surface area contributed by atoms with Gasteiger partial charge in [-0.2, -0.15) is 0 Å². The molecule has 0 atom stereocenters. The predicted octanol–water partition coefficient (Wildman–Crippen LogP) is 4.53. The van der Waals surface area contributed by atoms with Crippen molar-refractivity contribution in [3.63, 3.8) is 0 Å². The molecule has 94 valence electrons. The zero-order chi connectivity index (χ0) is 13.0. The number of methoxy groups -OCH3 is 1. The molecule has 0 aliphatic carbocycles. The maximum Gasteiger partial charge on any atom is 0.169 e. The number of alkyl halides is 1. The molecule has 0 amide bonds. The molecule has 3 heteroatoms. The van der Waals surface area contributed by atoms with Crippen LogP contribution >= 0.6 is 11.6 Å². The van der Waals surface area contributed by atoms with Crippen molar-refractivity contribution in [2.75, 3.05) is 7.11 Å². The second kappa shape index (κ2) is 5.78. The van der Waals surface area contributed by atoms with Crippen LogP contribution in [0.15, 0.2) is 42.5 Å². The van der Waals surface area contributed by atoms with Gasteiger partial charge in [-0.25, -0.2) is 0 Å². The van der Waals surface area contributed by atoms with Crippen molar-refractivity contribution in [3.8, 4) is 17.2 Å². The summed E-state index contributed by atoms with van der Waals surface area (Å²) in [6.45, 7) is 2.03. The minimum atomic E-state index is 0.423. The lowest BCUT2D eigenvalue weighted by Crippen LogP contribution is -1.93. The molecule has 2 rings (SSSR count). The Morgan fingerprint density at radius 2 is 1.72 bits per heavy atom. The van der Waals surface area contributed by atoms with Gasteiger partial charge in [-0.1, -0.05) is 29.8 Å². The third kappa shape index (κ3) is 2.77. The molecule has 2 aromatic carbocycles. The summed E-state index contributed by atoms with van der Waals surface area (Å²) in [6, 6.07) is 13.5. The van der Waals surface area contributed by atoms with Crippen LogP contribution in [-0.4, -0.2) is 7.11 Å². The maximum absolute atomic E-state index is 5.93. The number of halogens is 1. The molecule has 0 spiro atoms. The molecule has 0 heterocycles. The van der Waals surface area contributed by atoms with Crippen molar-refractivity contribution in [2.45, 2.75) is 12.8 Å². The molecule has 0 saturated carbocycles. The predicted molar refractivity (Wildman–Crippen MR) is 73.8 cm³/mol. The minimum absolute atomic E-state index is 0.423. The van der Waals surface area contributed by atoms with E-state index >= 15 is 0 Å². The van der Waals surface area contributed by atoms with Crippen LogP contribution in [0.3, 0.4) is 0 Å². The Balaban J connectivity index is 2.33.